The molecule has 1 heterocycles. The van der Waals surface area contributed by atoms with Crippen LogP contribution in [0.25, 0.3) is 10.9 Å². The molecule has 1 aromatic carbocycles. The highest BCUT2D eigenvalue weighted by Gasteiger charge is 2.22. The predicted octanol–water partition coefficient (Wildman–Crippen LogP) is 2.53. The Morgan fingerprint density at radius 2 is 2.12 bits per heavy atom. The summed E-state index contributed by atoms with van der Waals surface area (Å²) in [6.07, 6.45) is 5.22. The van der Waals surface area contributed by atoms with Crippen molar-refractivity contribution in [1.82, 2.24) is 14.9 Å². The van der Waals surface area contributed by atoms with E-state index in [-0.39, 0.29) is 24.1 Å². The second kappa shape index (κ2) is 7.97. The molecule has 0 saturated heterocycles. The standard InChI is InChI=1S/C19H23N3O3S/c1-2-9-22-18(25)15-8-5-13(10-16(15)21-19(22)26)17(24)20-14-6-3-12(11-23)4-7-14/h2,5,8,10,12,14,23H,1,3-4,6-7,9,11H2,(H,20,24)(H,21,26). The van der Waals surface area contributed by atoms with Crippen molar-refractivity contribution >= 4 is 29.0 Å². The second-order valence-electron chi connectivity index (χ2n) is 6.77. The first kappa shape index (κ1) is 18.5. The Morgan fingerprint density at radius 1 is 1.38 bits per heavy atom. The zero-order valence-corrected chi connectivity index (χ0v) is 15.3. The van der Waals surface area contributed by atoms with Gasteiger partial charge in [-0.05, 0) is 62.0 Å². The number of nitrogens with one attached hydrogen (secondary N) is 2. The molecule has 2 aromatic rings. The Morgan fingerprint density at radius 3 is 2.77 bits per heavy atom. The number of aromatic nitrogens is 2. The molecule has 1 fully saturated rings. The number of hydrogen-bond acceptors (Lipinski definition) is 4. The molecule has 7 heteroatoms. The number of nitrogens with zero attached hydrogens (tertiary/aromatic N) is 1. The molecule has 0 radical (unpaired) electrons. The molecule has 138 valence electrons. The van der Waals surface area contributed by atoms with Gasteiger partial charge < -0.3 is 15.4 Å². The summed E-state index contributed by atoms with van der Waals surface area (Å²) in [4.78, 5) is 28.1. The quantitative estimate of drug-likeness (QED) is 0.555. The molecule has 1 aliphatic carbocycles. The summed E-state index contributed by atoms with van der Waals surface area (Å²) >= 11 is 5.23. The van der Waals surface area contributed by atoms with E-state index in [1.165, 1.54) is 4.57 Å². The van der Waals surface area contributed by atoms with Crippen LogP contribution in [0.3, 0.4) is 0 Å². The van der Waals surface area contributed by atoms with Gasteiger partial charge in [0.05, 0.1) is 10.9 Å². The van der Waals surface area contributed by atoms with Crippen LogP contribution in [-0.2, 0) is 6.54 Å². The SMILES string of the molecule is C=CCn1c(=S)[nH]c2cc(C(=O)NC3CCC(CO)CC3)ccc2c1=O. The smallest absolute Gasteiger partial charge is 0.262 e. The highest BCUT2D eigenvalue weighted by atomic mass is 32.1. The molecular weight excluding hydrogens is 350 g/mol. The second-order valence-corrected chi connectivity index (χ2v) is 7.16. The predicted molar refractivity (Wildman–Crippen MR) is 104 cm³/mol. The van der Waals surface area contributed by atoms with Crippen molar-refractivity contribution in [2.24, 2.45) is 5.92 Å². The lowest BCUT2D eigenvalue weighted by atomic mass is 9.86. The Balaban J connectivity index is 1.82. The molecule has 3 rings (SSSR count). The van der Waals surface area contributed by atoms with Crippen LogP contribution in [0.5, 0.6) is 0 Å². The Labute approximate surface area is 156 Å². The number of benzene rings is 1. The number of fused-ring (bicyclic) bond motifs is 1. The summed E-state index contributed by atoms with van der Waals surface area (Å²) in [6.45, 7) is 4.19. The average molecular weight is 373 g/mol. The first-order valence-corrected chi connectivity index (χ1v) is 9.23. The largest absolute Gasteiger partial charge is 0.396 e. The van der Waals surface area contributed by atoms with Crippen molar-refractivity contribution in [3.8, 4) is 0 Å². The summed E-state index contributed by atoms with van der Waals surface area (Å²) in [5, 5.41) is 12.7. The van der Waals surface area contributed by atoms with E-state index in [0.717, 1.165) is 25.7 Å². The number of H-pyrrole nitrogens is 1. The summed E-state index contributed by atoms with van der Waals surface area (Å²) in [5.41, 5.74) is 0.850. The topological polar surface area (TPSA) is 87.1 Å². The van der Waals surface area contributed by atoms with Crippen molar-refractivity contribution in [3.05, 3.63) is 51.5 Å². The molecule has 0 spiro atoms. The van der Waals surface area contributed by atoms with E-state index >= 15 is 0 Å². The first-order valence-electron chi connectivity index (χ1n) is 8.83. The number of aromatic amines is 1. The minimum atomic E-state index is -0.196. The molecule has 1 amide bonds. The molecule has 0 aliphatic heterocycles. The normalized spacial score (nSPS) is 20.0. The lowest BCUT2D eigenvalue weighted by Gasteiger charge is -2.28. The Hall–Kier alpha value is -2.25. The van der Waals surface area contributed by atoms with Gasteiger partial charge in [-0.3, -0.25) is 14.2 Å². The number of amides is 1. The molecule has 3 N–H and O–H groups in total. The van der Waals surface area contributed by atoms with Gasteiger partial charge in [-0.15, -0.1) is 6.58 Å². The van der Waals surface area contributed by atoms with Gasteiger partial charge in [-0.2, -0.15) is 0 Å². The fourth-order valence-electron chi connectivity index (χ4n) is 3.45. The molecule has 6 nitrogen and oxygen atoms in total. The third kappa shape index (κ3) is 3.78. The van der Waals surface area contributed by atoms with Gasteiger partial charge in [-0.1, -0.05) is 6.08 Å². The average Bonchev–Trinajstić information content (AvgIpc) is 2.65. The van der Waals surface area contributed by atoms with E-state index in [1.54, 1.807) is 24.3 Å². The van der Waals surface area contributed by atoms with E-state index in [1.807, 2.05) is 0 Å². The van der Waals surface area contributed by atoms with Crippen LogP contribution in [0, 0.1) is 10.7 Å². The summed E-state index contributed by atoms with van der Waals surface area (Å²) in [6, 6.07) is 5.10. The molecular formula is C19H23N3O3S. The minimum Gasteiger partial charge on any atom is -0.396 e. The van der Waals surface area contributed by atoms with Gasteiger partial charge in [0.2, 0.25) is 0 Å². The number of hydrogen-bond donors (Lipinski definition) is 3. The number of carbonyl (C=O) groups excluding carboxylic acids is 1. The molecule has 26 heavy (non-hydrogen) atoms. The molecule has 0 bridgehead atoms. The lowest BCUT2D eigenvalue weighted by Crippen LogP contribution is -2.38. The van der Waals surface area contributed by atoms with Crippen LogP contribution in [-0.4, -0.2) is 33.2 Å². The van der Waals surface area contributed by atoms with Crippen molar-refractivity contribution in [3.63, 3.8) is 0 Å². The van der Waals surface area contributed by atoms with Crippen LogP contribution >= 0.6 is 12.2 Å². The maximum atomic E-state index is 12.5. The van der Waals surface area contributed by atoms with Gasteiger partial charge in [0.15, 0.2) is 4.77 Å². The summed E-state index contributed by atoms with van der Waals surface area (Å²) < 4.78 is 1.74. The van der Waals surface area contributed by atoms with E-state index in [4.69, 9.17) is 12.2 Å². The van der Waals surface area contributed by atoms with E-state index in [9.17, 15) is 14.7 Å². The third-order valence-corrected chi connectivity index (χ3v) is 5.32. The zero-order chi connectivity index (χ0) is 18.7. The fourth-order valence-corrected chi connectivity index (χ4v) is 3.72. The number of aliphatic hydroxyl groups is 1. The Kier molecular flexibility index (Phi) is 5.68. The highest BCUT2D eigenvalue weighted by Crippen LogP contribution is 2.24. The third-order valence-electron chi connectivity index (χ3n) is 5.00. The number of allylic oxidation sites excluding steroid dienone is 1. The van der Waals surface area contributed by atoms with Crippen LogP contribution in [0.1, 0.15) is 36.0 Å². The lowest BCUT2D eigenvalue weighted by molar-refractivity contribution is 0.0914. The van der Waals surface area contributed by atoms with Crippen molar-refractivity contribution < 1.29 is 9.90 Å². The van der Waals surface area contributed by atoms with Crippen molar-refractivity contribution in [1.29, 1.82) is 0 Å². The number of carbonyl (C=O) groups is 1. The molecule has 0 atom stereocenters. The van der Waals surface area contributed by atoms with Crippen molar-refractivity contribution in [2.45, 2.75) is 38.3 Å². The summed E-state index contributed by atoms with van der Waals surface area (Å²) in [5.74, 6) is 0.190. The first-order chi connectivity index (χ1) is 12.5. The molecule has 1 aromatic heterocycles. The van der Waals surface area contributed by atoms with Crippen LogP contribution in [0.2, 0.25) is 0 Å². The maximum absolute atomic E-state index is 12.5. The van der Waals surface area contributed by atoms with Crippen LogP contribution in [0.4, 0.5) is 0 Å². The van der Waals surface area contributed by atoms with E-state index in [0.29, 0.717) is 33.7 Å². The number of aliphatic hydroxyl groups excluding tert-OH is 1. The molecule has 1 saturated carbocycles. The van der Waals surface area contributed by atoms with Gasteiger partial charge in [0, 0.05) is 24.8 Å². The van der Waals surface area contributed by atoms with E-state index in [2.05, 4.69) is 16.9 Å². The van der Waals surface area contributed by atoms with Gasteiger partial charge in [-0.25, -0.2) is 0 Å². The monoisotopic (exact) mass is 373 g/mol. The number of rotatable bonds is 5. The molecule has 1 aliphatic rings. The van der Waals surface area contributed by atoms with Crippen LogP contribution < -0.4 is 10.9 Å². The van der Waals surface area contributed by atoms with Crippen molar-refractivity contribution in [2.75, 3.05) is 6.61 Å². The van der Waals surface area contributed by atoms with E-state index < -0.39 is 0 Å². The Bertz CT molecular complexity index is 939. The van der Waals surface area contributed by atoms with Gasteiger partial charge in [0.25, 0.3) is 11.5 Å². The highest BCUT2D eigenvalue weighted by molar-refractivity contribution is 7.71. The van der Waals surface area contributed by atoms with Gasteiger partial charge in [0.1, 0.15) is 0 Å². The van der Waals surface area contributed by atoms with Crippen LogP contribution in [0.15, 0.2) is 35.6 Å². The van der Waals surface area contributed by atoms with Gasteiger partial charge >= 0.3 is 0 Å². The zero-order valence-electron chi connectivity index (χ0n) is 14.5. The summed E-state index contributed by atoms with van der Waals surface area (Å²) in [7, 11) is 0. The fraction of sp³-hybridized carbons (Fsp3) is 0.421. The minimum absolute atomic E-state index is 0.125. The maximum Gasteiger partial charge on any atom is 0.262 e. The molecule has 0 unspecified atom stereocenters.